The summed E-state index contributed by atoms with van der Waals surface area (Å²) in [7, 11) is 1.64. The van der Waals surface area contributed by atoms with Crippen molar-refractivity contribution in [3.63, 3.8) is 0 Å². The SMILES string of the molecule is COc1ccc(-c2nc3ccccc3c(=O)n2CCCCCCOc2cc(C)c(Cl)c(C)c2)cc1. The summed E-state index contributed by atoms with van der Waals surface area (Å²) in [5, 5.41) is 1.44. The lowest BCUT2D eigenvalue weighted by atomic mass is 10.1. The van der Waals surface area contributed by atoms with Crippen LogP contribution in [-0.2, 0) is 6.54 Å². The molecular weight excluding hydrogens is 460 g/mol. The summed E-state index contributed by atoms with van der Waals surface area (Å²) in [5.74, 6) is 2.32. The highest BCUT2D eigenvalue weighted by molar-refractivity contribution is 6.32. The van der Waals surface area contributed by atoms with Gasteiger partial charge < -0.3 is 9.47 Å². The normalized spacial score (nSPS) is 11.1. The van der Waals surface area contributed by atoms with Crippen LogP contribution in [0.4, 0.5) is 0 Å². The van der Waals surface area contributed by atoms with Crippen LogP contribution in [0.15, 0.2) is 65.5 Å². The molecule has 0 amide bonds. The van der Waals surface area contributed by atoms with Gasteiger partial charge in [-0.1, -0.05) is 36.6 Å². The molecule has 0 spiro atoms. The molecule has 0 radical (unpaired) electrons. The van der Waals surface area contributed by atoms with Gasteiger partial charge in [0.2, 0.25) is 0 Å². The summed E-state index contributed by atoms with van der Waals surface area (Å²) in [6.07, 6.45) is 3.88. The Balaban J connectivity index is 1.39. The molecule has 0 bridgehead atoms. The lowest BCUT2D eigenvalue weighted by molar-refractivity contribution is 0.303. The van der Waals surface area contributed by atoms with E-state index >= 15 is 0 Å². The second-order valence-electron chi connectivity index (χ2n) is 8.77. The zero-order valence-corrected chi connectivity index (χ0v) is 21.3. The van der Waals surface area contributed by atoms with Gasteiger partial charge in [0.15, 0.2) is 0 Å². The van der Waals surface area contributed by atoms with Crippen LogP contribution in [0.3, 0.4) is 0 Å². The fourth-order valence-electron chi connectivity index (χ4n) is 4.24. The second-order valence-corrected chi connectivity index (χ2v) is 9.15. The number of nitrogens with zero attached hydrogens (tertiary/aromatic N) is 2. The highest BCUT2D eigenvalue weighted by Gasteiger charge is 2.13. The molecule has 0 unspecified atom stereocenters. The molecule has 182 valence electrons. The summed E-state index contributed by atoms with van der Waals surface area (Å²) >= 11 is 6.24. The van der Waals surface area contributed by atoms with Crippen molar-refractivity contribution in [3.8, 4) is 22.9 Å². The quantitative estimate of drug-likeness (QED) is 0.225. The molecule has 0 aliphatic rings. The number of unbranched alkanes of at least 4 members (excludes halogenated alkanes) is 3. The van der Waals surface area contributed by atoms with E-state index in [1.54, 1.807) is 11.7 Å². The highest BCUT2D eigenvalue weighted by atomic mass is 35.5. The van der Waals surface area contributed by atoms with Gasteiger partial charge in [-0.2, -0.15) is 0 Å². The molecule has 0 aliphatic carbocycles. The molecule has 0 saturated carbocycles. The third-order valence-electron chi connectivity index (χ3n) is 6.16. The molecule has 0 saturated heterocycles. The van der Waals surface area contributed by atoms with Crippen LogP contribution in [0.2, 0.25) is 5.02 Å². The molecule has 3 aromatic carbocycles. The number of rotatable bonds is 10. The average molecular weight is 491 g/mol. The van der Waals surface area contributed by atoms with Gasteiger partial charge in [0.1, 0.15) is 17.3 Å². The second kappa shape index (κ2) is 11.4. The van der Waals surface area contributed by atoms with Crippen LogP contribution in [0.5, 0.6) is 11.5 Å². The van der Waals surface area contributed by atoms with Crippen molar-refractivity contribution >= 4 is 22.5 Å². The lowest BCUT2D eigenvalue weighted by Gasteiger charge is -2.14. The Hall–Kier alpha value is -3.31. The molecule has 0 aliphatic heterocycles. The van der Waals surface area contributed by atoms with E-state index in [1.165, 1.54) is 0 Å². The first-order valence-corrected chi connectivity index (χ1v) is 12.4. The number of fused-ring (bicyclic) bond motifs is 1. The molecule has 5 nitrogen and oxygen atoms in total. The van der Waals surface area contributed by atoms with Crippen LogP contribution >= 0.6 is 11.6 Å². The Morgan fingerprint density at radius 3 is 2.29 bits per heavy atom. The number of benzene rings is 3. The van der Waals surface area contributed by atoms with Gasteiger partial charge in [-0.05, 0) is 86.3 Å². The van der Waals surface area contributed by atoms with Gasteiger partial charge in [0, 0.05) is 17.1 Å². The lowest BCUT2D eigenvalue weighted by Crippen LogP contribution is -2.23. The van der Waals surface area contributed by atoms with E-state index in [2.05, 4.69) is 0 Å². The number of methoxy groups -OCH3 is 1. The number of hydrogen-bond acceptors (Lipinski definition) is 4. The largest absolute Gasteiger partial charge is 0.497 e. The minimum Gasteiger partial charge on any atom is -0.497 e. The molecular formula is C29H31ClN2O3. The molecule has 0 fully saturated rings. The van der Waals surface area contributed by atoms with Crippen LogP contribution < -0.4 is 15.0 Å². The number of aryl methyl sites for hydroxylation is 2. The van der Waals surface area contributed by atoms with Crippen molar-refractivity contribution in [1.82, 2.24) is 9.55 Å². The number of halogens is 1. The zero-order chi connectivity index (χ0) is 24.8. The van der Waals surface area contributed by atoms with Crippen molar-refractivity contribution < 1.29 is 9.47 Å². The summed E-state index contributed by atoms with van der Waals surface area (Å²) in [6, 6.07) is 19.2. The number of ether oxygens (including phenoxy) is 2. The molecule has 35 heavy (non-hydrogen) atoms. The molecule has 6 heteroatoms. The van der Waals surface area contributed by atoms with Gasteiger partial charge in [0.25, 0.3) is 5.56 Å². The minimum atomic E-state index is -0.00164. The predicted octanol–water partition coefficient (Wildman–Crippen LogP) is 6.98. The monoisotopic (exact) mass is 490 g/mol. The summed E-state index contributed by atoms with van der Waals surface area (Å²) in [4.78, 5) is 18.2. The van der Waals surface area contributed by atoms with Crippen molar-refractivity contribution in [1.29, 1.82) is 0 Å². The smallest absolute Gasteiger partial charge is 0.261 e. The van der Waals surface area contributed by atoms with E-state index < -0.39 is 0 Å². The molecule has 1 aromatic heterocycles. The van der Waals surface area contributed by atoms with E-state index in [0.717, 1.165) is 58.9 Å². The van der Waals surface area contributed by atoms with Gasteiger partial charge in [0.05, 0.1) is 24.6 Å². The van der Waals surface area contributed by atoms with E-state index in [9.17, 15) is 4.79 Å². The van der Waals surface area contributed by atoms with Crippen LogP contribution in [-0.4, -0.2) is 23.3 Å². The maximum Gasteiger partial charge on any atom is 0.261 e. The number of hydrogen-bond donors (Lipinski definition) is 0. The van der Waals surface area contributed by atoms with Crippen LogP contribution in [0.1, 0.15) is 36.8 Å². The molecule has 4 rings (SSSR count). The maximum absolute atomic E-state index is 13.3. The molecule has 0 atom stereocenters. The Morgan fingerprint density at radius 1 is 0.886 bits per heavy atom. The first kappa shape index (κ1) is 24.8. The van der Waals surface area contributed by atoms with Crippen molar-refractivity contribution in [2.24, 2.45) is 0 Å². The third-order valence-corrected chi connectivity index (χ3v) is 6.76. The third kappa shape index (κ3) is 5.85. The topological polar surface area (TPSA) is 53.3 Å². The van der Waals surface area contributed by atoms with Crippen molar-refractivity contribution in [2.75, 3.05) is 13.7 Å². The van der Waals surface area contributed by atoms with E-state index in [4.69, 9.17) is 26.1 Å². The van der Waals surface area contributed by atoms with Crippen LogP contribution in [0.25, 0.3) is 22.3 Å². The Bertz CT molecular complexity index is 1340. The highest BCUT2D eigenvalue weighted by Crippen LogP contribution is 2.26. The van der Waals surface area contributed by atoms with Crippen molar-refractivity contribution in [2.45, 2.75) is 46.1 Å². The van der Waals surface area contributed by atoms with Gasteiger partial charge >= 0.3 is 0 Å². The molecule has 1 heterocycles. The summed E-state index contributed by atoms with van der Waals surface area (Å²) in [5.41, 5.74) is 3.67. The first-order valence-electron chi connectivity index (χ1n) is 12.0. The predicted molar refractivity (Wildman–Crippen MR) is 143 cm³/mol. The first-order chi connectivity index (χ1) is 17.0. The summed E-state index contributed by atoms with van der Waals surface area (Å²) < 4.78 is 13.0. The Labute approximate surface area is 211 Å². The standard InChI is InChI=1S/C29H31ClN2O3/c1-20-18-24(19-21(2)27(20)30)35-17-9-5-4-8-16-32-28(22-12-14-23(34-3)15-13-22)31-26-11-7-6-10-25(26)29(32)33/h6-7,10-15,18-19H,4-5,8-9,16-17H2,1-3H3. The molecule has 4 aromatic rings. The maximum atomic E-state index is 13.3. The molecule has 0 N–H and O–H groups in total. The fourth-order valence-corrected chi connectivity index (χ4v) is 4.35. The average Bonchev–Trinajstić information content (AvgIpc) is 2.87. The van der Waals surface area contributed by atoms with Crippen molar-refractivity contribution in [3.05, 3.63) is 87.2 Å². The summed E-state index contributed by atoms with van der Waals surface area (Å²) in [6.45, 7) is 5.27. The van der Waals surface area contributed by atoms with E-state index in [1.807, 2.05) is 74.5 Å². The van der Waals surface area contributed by atoms with E-state index in [0.29, 0.717) is 29.9 Å². The number of aromatic nitrogens is 2. The van der Waals surface area contributed by atoms with Gasteiger partial charge in [-0.3, -0.25) is 9.36 Å². The Morgan fingerprint density at radius 2 is 1.57 bits per heavy atom. The van der Waals surface area contributed by atoms with Gasteiger partial charge in [-0.15, -0.1) is 0 Å². The zero-order valence-electron chi connectivity index (χ0n) is 20.5. The Kier molecular flexibility index (Phi) is 8.09. The van der Waals surface area contributed by atoms with Crippen LogP contribution in [0, 0.1) is 13.8 Å². The number of para-hydroxylation sites is 1. The fraction of sp³-hybridized carbons (Fsp3) is 0.310. The van der Waals surface area contributed by atoms with Gasteiger partial charge in [-0.25, -0.2) is 4.98 Å². The van der Waals surface area contributed by atoms with E-state index in [-0.39, 0.29) is 5.56 Å². The minimum absolute atomic E-state index is 0.00164.